The summed E-state index contributed by atoms with van der Waals surface area (Å²) in [5.41, 5.74) is 5.57. The molecule has 2 fully saturated rings. The highest BCUT2D eigenvalue weighted by molar-refractivity contribution is 7.13. The SMILES string of the molecule is Cc1ncsc1-c1ccc([C@H](C)NC(=O)[C@@H]2C[C@@H](O)CN2C(=O)[C@@H](N2Cc3cc(C4CNCCN4C(=O)OC(C)(C)C)ccc3C2=O)C(C)(C)C)cc1. The fourth-order valence-electron chi connectivity index (χ4n) is 7.65. The van der Waals surface area contributed by atoms with Crippen molar-refractivity contribution < 1.29 is 29.0 Å². The molecular weight excluding hydrogens is 693 g/mol. The molecule has 13 heteroatoms. The van der Waals surface area contributed by atoms with Crippen LogP contribution in [0.2, 0.25) is 0 Å². The molecule has 12 nitrogen and oxygen atoms in total. The Morgan fingerprint density at radius 3 is 2.42 bits per heavy atom. The molecule has 0 saturated carbocycles. The van der Waals surface area contributed by atoms with E-state index >= 15 is 0 Å². The highest BCUT2D eigenvalue weighted by Gasteiger charge is 2.49. The van der Waals surface area contributed by atoms with E-state index in [-0.39, 0.29) is 55.4 Å². The predicted molar refractivity (Wildman–Crippen MR) is 203 cm³/mol. The molecule has 4 amide bonds. The van der Waals surface area contributed by atoms with Crippen molar-refractivity contribution in [3.63, 3.8) is 0 Å². The van der Waals surface area contributed by atoms with E-state index < -0.39 is 29.2 Å². The molecule has 2 saturated heterocycles. The topological polar surface area (TPSA) is 144 Å². The molecule has 6 rings (SSSR count). The third kappa shape index (κ3) is 8.12. The van der Waals surface area contributed by atoms with Gasteiger partial charge < -0.3 is 30.3 Å². The molecule has 284 valence electrons. The molecule has 1 aromatic heterocycles. The lowest BCUT2D eigenvalue weighted by Crippen LogP contribution is -2.58. The minimum Gasteiger partial charge on any atom is -0.444 e. The number of ether oxygens (including phenoxy) is 1. The monoisotopic (exact) mass is 744 g/mol. The molecule has 3 N–H and O–H groups in total. The van der Waals surface area contributed by atoms with Gasteiger partial charge in [-0.25, -0.2) is 9.78 Å². The summed E-state index contributed by atoms with van der Waals surface area (Å²) in [7, 11) is 0. The van der Waals surface area contributed by atoms with E-state index in [2.05, 4.69) is 15.6 Å². The molecule has 1 unspecified atom stereocenters. The van der Waals surface area contributed by atoms with Crippen LogP contribution in [0.1, 0.15) is 99.7 Å². The average Bonchev–Trinajstić information content (AvgIpc) is 3.79. The fraction of sp³-hybridized carbons (Fsp3) is 0.525. The van der Waals surface area contributed by atoms with Gasteiger partial charge in [0.1, 0.15) is 17.7 Å². The number of likely N-dealkylation sites (tertiary alicyclic amines) is 1. The van der Waals surface area contributed by atoms with Gasteiger partial charge in [0.05, 0.1) is 34.3 Å². The van der Waals surface area contributed by atoms with E-state index in [4.69, 9.17) is 4.74 Å². The minimum absolute atomic E-state index is 0.00488. The van der Waals surface area contributed by atoms with E-state index in [0.717, 1.165) is 32.8 Å². The summed E-state index contributed by atoms with van der Waals surface area (Å²) < 4.78 is 5.70. The van der Waals surface area contributed by atoms with Crippen molar-refractivity contribution in [3.8, 4) is 10.4 Å². The number of carbonyl (C=O) groups excluding carboxylic acids is 4. The number of rotatable bonds is 7. The van der Waals surface area contributed by atoms with E-state index in [9.17, 15) is 24.3 Å². The Morgan fingerprint density at radius 1 is 1.06 bits per heavy atom. The molecule has 3 aliphatic heterocycles. The van der Waals surface area contributed by atoms with Crippen LogP contribution in [0.5, 0.6) is 0 Å². The van der Waals surface area contributed by atoms with Crippen LogP contribution in [0, 0.1) is 12.3 Å². The fourth-order valence-corrected chi connectivity index (χ4v) is 8.46. The number of aliphatic hydroxyl groups excluding tert-OH is 1. The summed E-state index contributed by atoms with van der Waals surface area (Å²) in [6.45, 7) is 17.0. The zero-order valence-electron chi connectivity index (χ0n) is 31.9. The number of hydrogen-bond acceptors (Lipinski definition) is 9. The molecule has 2 aromatic carbocycles. The number of benzene rings is 2. The second-order valence-corrected chi connectivity index (χ2v) is 17.4. The smallest absolute Gasteiger partial charge is 0.410 e. The lowest BCUT2D eigenvalue weighted by atomic mass is 9.84. The molecule has 0 spiro atoms. The summed E-state index contributed by atoms with van der Waals surface area (Å²) >= 11 is 1.58. The van der Waals surface area contributed by atoms with Crippen molar-refractivity contribution in [1.82, 2.24) is 30.3 Å². The van der Waals surface area contributed by atoms with E-state index in [0.29, 0.717) is 25.2 Å². The van der Waals surface area contributed by atoms with Crippen LogP contribution in [0.3, 0.4) is 0 Å². The standard InChI is InChI=1S/C40H52N6O6S/c1-23(25-9-11-26(12-10-25)33-24(2)42-22-53-33)43-35(48)31-18-29(47)21-45(31)37(50)34(39(3,4)5)46-20-28-17-27(13-14-30(28)36(46)49)32-19-41-15-16-44(32)38(51)52-40(6,7)8/h9-14,17,22-23,29,31-32,34,41,47H,15-16,18-21H2,1-8H3,(H,43,48)/t23-,29+,31-,32?,34+/m0/s1. The Labute approximate surface area is 315 Å². The summed E-state index contributed by atoms with van der Waals surface area (Å²) in [4.78, 5) is 65.8. The molecule has 0 radical (unpaired) electrons. The maximum absolute atomic E-state index is 14.6. The zero-order valence-corrected chi connectivity index (χ0v) is 32.8. The van der Waals surface area contributed by atoms with Gasteiger partial charge in [0.25, 0.3) is 5.91 Å². The van der Waals surface area contributed by atoms with Gasteiger partial charge in [-0.15, -0.1) is 11.3 Å². The first kappa shape index (κ1) is 38.4. The van der Waals surface area contributed by atoms with Crippen LogP contribution in [-0.4, -0.2) is 98.6 Å². The zero-order chi connectivity index (χ0) is 38.4. The van der Waals surface area contributed by atoms with Gasteiger partial charge >= 0.3 is 6.09 Å². The molecule has 0 aliphatic carbocycles. The summed E-state index contributed by atoms with van der Waals surface area (Å²) in [5, 5.41) is 17.2. The molecule has 53 heavy (non-hydrogen) atoms. The second kappa shape index (κ2) is 14.8. The maximum atomic E-state index is 14.6. The highest BCUT2D eigenvalue weighted by Crippen LogP contribution is 2.37. The van der Waals surface area contributed by atoms with E-state index in [1.54, 1.807) is 27.2 Å². The Hall–Kier alpha value is -4.33. The number of amides is 4. The number of aliphatic hydroxyl groups is 1. The third-order valence-electron chi connectivity index (χ3n) is 10.2. The molecule has 4 heterocycles. The Morgan fingerprint density at radius 2 is 1.77 bits per heavy atom. The summed E-state index contributed by atoms with van der Waals surface area (Å²) in [6.07, 6.45) is -1.16. The van der Waals surface area contributed by atoms with Crippen LogP contribution >= 0.6 is 11.3 Å². The number of β-amino-alcohol motifs (C(OH)–C–C–N with tert-alkyl or cyclic N) is 1. The Bertz CT molecular complexity index is 1860. The van der Waals surface area contributed by atoms with Gasteiger partial charge in [-0.05, 0) is 68.4 Å². The van der Waals surface area contributed by atoms with Gasteiger partial charge in [-0.3, -0.25) is 19.3 Å². The number of hydrogen-bond donors (Lipinski definition) is 3. The minimum atomic E-state index is -0.902. The normalized spacial score (nSPS) is 21.7. The van der Waals surface area contributed by atoms with Crippen molar-refractivity contribution in [2.24, 2.45) is 5.41 Å². The maximum Gasteiger partial charge on any atom is 0.410 e. The van der Waals surface area contributed by atoms with Gasteiger partial charge in [0, 0.05) is 44.7 Å². The molecular formula is C40H52N6O6S. The molecule has 3 aromatic rings. The number of aryl methyl sites for hydroxylation is 1. The number of nitrogens with zero attached hydrogens (tertiary/aromatic N) is 4. The number of carbonyl (C=O) groups is 4. The van der Waals surface area contributed by atoms with Crippen molar-refractivity contribution in [2.75, 3.05) is 26.2 Å². The van der Waals surface area contributed by atoms with Gasteiger partial charge in [-0.2, -0.15) is 0 Å². The van der Waals surface area contributed by atoms with Gasteiger partial charge in [0.15, 0.2) is 0 Å². The van der Waals surface area contributed by atoms with Crippen LogP contribution in [0.25, 0.3) is 10.4 Å². The predicted octanol–water partition coefficient (Wildman–Crippen LogP) is 5.21. The van der Waals surface area contributed by atoms with Gasteiger partial charge in [-0.1, -0.05) is 57.2 Å². The third-order valence-corrected chi connectivity index (χ3v) is 11.2. The molecule has 3 aliphatic rings. The van der Waals surface area contributed by atoms with E-state index in [1.165, 1.54) is 4.90 Å². The van der Waals surface area contributed by atoms with Gasteiger partial charge in [0.2, 0.25) is 11.8 Å². The van der Waals surface area contributed by atoms with E-state index in [1.807, 2.05) is 97.3 Å². The largest absolute Gasteiger partial charge is 0.444 e. The van der Waals surface area contributed by atoms with Crippen molar-refractivity contribution in [1.29, 1.82) is 0 Å². The number of piperazine rings is 1. The van der Waals surface area contributed by atoms with Crippen molar-refractivity contribution in [3.05, 3.63) is 75.9 Å². The summed E-state index contributed by atoms with van der Waals surface area (Å²) in [5.74, 6) is -0.995. The Kier molecular flexibility index (Phi) is 10.7. The van der Waals surface area contributed by atoms with Crippen LogP contribution in [0.4, 0.5) is 4.79 Å². The lowest BCUT2D eigenvalue weighted by molar-refractivity contribution is -0.145. The number of thiazole rings is 1. The van der Waals surface area contributed by atoms with Crippen LogP contribution < -0.4 is 10.6 Å². The second-order valence-electron chi connectivity index (χ2n) is 16.5. The first-order valence-electron chi connectivity index (χ1n) is 18.4. The number of aromatic nitrogens is 1. The number of nitrogens with one attached hydrogen (secondary N) is 2. The Balaban J connectivity index is 1.19. The highest BCUT2D eigenvalue weighted by atomic mass is 32.1. The summed E-state index contributed by atoms with van der Waals surface area (Å²) in [6, 6.07) is 11.1. The lowest BCUT2D eigenvalue weighted by Gasteiger charge is -2.40. The molecule has 0 bridgehead atoms. The van der Waals surface area contributed by atoms with Crippen molar-refractivity contribution in [2.45, 2.75) is 104 Å². The molecule has 5 atom stereocenters. The first-order valence-corrected chi connectivity index (χ1v) is 19.2. The average molecular weight is 745 g/mol. The number of fused-ring (bicyclic) bond motifs is 1. The quantitative estimate of drug-likeness (QED) is 0.299. The first-order chi connectivity index (χ1) is 24.9. The van der Waals surface area contributed by atoms with Crippen LogP contribution in [0.15, 0.2) is 48.0 Å². The van der Waals surface area contributed by atoms with Crippen molar-refractivity contribution >= 4 is 35.2 Å². The van der Waals surface area contributed by atoms with Crippen LogP contribution in [-0.2, 0) is 20.9 Å².